The predicted molar refractivity (Wildman–Crippen MR) is 54.8 cm³/mol. The molecule has 0 aliphatic rings. The van der Waals surface area contributed by atoms with Crippen LogP contribution in [0.5, 0.6) is 0 Å². The molecule has 0 spiro atoms. The van der Waals surface area contributed by atoms with Gasteiger partial charge in [0, 0.05) is 24.1 Å². The first-order valence-electron chi connectivity index (χ1n) is 4.49. The third-order valence-electron chi connectivity index (χ3n) is 1.99. The zero-order valence-corrected chi connectivity index (χ0v) is 8.84. The lowest BCUT2D eigenvalue weighted by Gasteiger charge is -2.17. The summed E-state index contributed by atoms with van der Waals surface area (Å²) in [6.07, 6.45) is 0.786. The Hall–Kier alpha value is -0.450. The van der Waals surface area contributed by atoms with E-state index in [4.69, 9.17) is 5.11 Å². The van der Waals surface area contributed by atoms with E-state index in [9.17, 15) is 0 Å². The Labute approximate surface area is 82.8 Å². The van der Waals surface area contributed by atoms with Crippen LogP contribution < -0.4 is 5.32 Å². The van der Waals surface area contributed by atoms with E-state index in [0.29, 0.717) is 6.04 Å². The number of aliphatic hydroxyl groups excluding tert-OH is 1. The van der Waals surface area contributed by atoms with Crippen molar-refractivity contribution < 1.29 is 5.11 Å². The molecule has 0 aliphatic heterocycles. The third kappa shape index (κ3) is 3.42. The van der Waals surface area contributed by atoms with Crippen molar-refractivity contribution in [1.29, 1.82) is 0 Å². The fourth-order valence-corrected chi connectivity index (χ4v) is 1.87. The quantitative estimate of drug-likeness (QED) is 0.758. The summed E-state index contributed by atoms with van der Waals surface area (Å²) in [7, 11) is 0. The molecular formula is C9H16N2OS. The van der Waals surface area contributed by atoms with Gasteiger partial charge in [-0.25, -0.2) is 4.98 Å². The smallest absolute Gasteiger partial charge is 0.0795 e. The Bertz CT molecular complexity index is 226. The van der Waals surface area contributed by atoms with Crippen molar-refractivity contribution >= 4 is 11.3 Å². The molecule has 1 aromatic rings. The molecule has 0 radical (unpaired) electrons. The van der Waals surface area contributed by atoms with Crippen LogP contribution in [0.2, 0.25) is 0 Å². The normalized spacial score (nSPS) is 15.6. The van der Waals surface area contributed by atoms with Crippen molar-refractivity contribution in [2.24, 2.45) is 0 Å². The third-order valence-corrected chi connectivity index (χ3v) is 2.60. The number of nitrogens with one attached hydrogen (secondary N) is 1. The van der Waals surface area contributed by atoms with Crippen LogP contribution in [0.1, 0.15) is 32.0 Å². The first-order chi connectivity index (χ1) is 6.24. The molecule has 0 aliphatic carbocycles. The minimum absolute atomic E-state index is 0.234. The van der Waals surface area contributed by atoms with Gasteiger partial charge in [-0.2, -0.15) is 0 Å². The van der Waals surface area contributed by atoms with Crippen LogP contribution in [0.4, 0.5) is 0 Å². The molecule has 4 heteroatoms. The maximum atomic E-state index is 8.73. The fourth-order valence-electron chi connectivity index (χ4n) is 1.22. The molecule has 1 aromatic heterocycles. The molecule has 0 saturated heterocycles. The molecule has 1 heterocycles. The predicted octanol–water partition coefficient (Wildman–Crippen LogP) is 1.56. The lowest BCUT2D eigenvalue weighted by atomic mass is 10.2. The molecular weight excluding hydrogens is 184 g/mol. The van der Waals surface area contributed by atoms with Crippen LogP contribution in [0.15, 0.2) is 10.9 Å². The van der Waals surface area contributed by atoms with Crippen LogP contribution in [0, 0.1) is 0 Å². The summed E-state index contributed by atoms with van der Waals surface area (Å²) in [5.41, 5.74) is 2.92. The van der Waals surface area contributed by atoms with Gasteiger partial charge in [0.2, 0.25) is 0 Å². The maximum Gasteiger partial charge on any atom is 0.0795 e. The van der Waals surface area contributed by atoms with E-state index >= 15 is 0 Å². The van der Waals surface area contributed by atoms with Crippen LogP contribution in [-0.2, 0) is 0 Å². The number of hydrogen-bond donors (Lipinski definition) is 2. The average molecular weight is 200 g/mol. The van der Waals surface area contributed by atoms with Crippen LogP contribution in [0.25, 0.3) is 0 Å². The lowest BCUT2D eigenvalue weighted by Crippen LogP contribution is -2.29. The minimum Gasteiger partial charge on any atom is -0.396 e. The molecule has 1 rings (SSSR count). The molecule has 2 N–H and O–H groups in total. The Morgan fingerprint density at radius 2 is 2.38 bits per heavy atom. The zero-order valence-electron chi connectivity index (χ0n) is 8.03. The van der Waals surface area contributed by atoms with E-state index in [1.165, 1.54) is 0 Å². The second kappa shape index (κ2) is 5.32. The number of rotatable bonds is 5. The number of aliphatic hydroxyl groups is 1. The molecule has 0 aromatic carbocycles. The topological polar surface area (TPSA) is 45.1 Å². The summed E-state index contributed by atoms with van der Waals surface area (Å²) in [6, 6.07) is 0.606. The standard InChI is InChI=1S/C9H16N2OS/c1-7(3-4-12)11-8(2)9-5-13-6-10-9/h5-8,11-12H,3-4H2,1-2H3/t7-,8?/m1/s1. The Morgan fingerprint density at radius 3 is 2.92 bits per heavy atom. The first kappa shape index (κ1) is 10.6. The van der Waals surface area contributed by atoms with Crippen molar-refractivity contribution in [3.8, 4) is 0 Å². The SMILES string of the molecule is CC(N[C@H](C)CCO)c1cscn1. The maximum absolute atomic E-state index is 8.73. The summed E-state index contributed by atoms with van der Waals surface area (Å²) in [4.78, 5) is 4.22. The van der Waals surface area contributed by atoms with Crippen molar-refractivity contribution in [2.75, 3.05) is 6.61 Å². The largest absolute Gasteiger partial charge is 0.396 e. The van der Waals surface area contributed by atoms with Crippen molar-refractivity contribution in [3.63, 3.8) is 0 Å². The van der Waals surface area contributed by atoms with Crippen LogP contribution in [-0.4, -0.2) is 22.7 Å². The molecule has 0 saturated carbocycles. The molecule has 1 unspecified atom stereocenters. The molecule has 2 atom stereocenters. The number of hydrogen-bond acceptors (Lipinski definition) is 4. The van der Waals surface area contributed by atoms with Gasteiger partial charge in [0.1, 0.15) is 0 Å². The van der Waals surface area contributed by atoms with Gasteiger partial charge >= 0.3 is 0 Å². The van der Waals surface area contributed by atoms with Crippen LogP contribution in [0.3, 0.4) is 0 Å². The molecule has 3 nitrogen and oxygen atoms in total. The summed E-state index contributed by atoms with van der Waals surface area (Å²) >= 11 is 1.61. The molecule has 74 valence electrons. The van der Waals surface area contributed by atoms with E-state index in [1.807, 2.05) is 10.9 Å². The van der Waals surface area contributed by atoms with Crippen LogP contribution >= 0.6 is 11.3 Å². The highest BCUT2D eigenvalue weighted by molar-refractivity contribution is 7.07. The van der Waals surface area contributed by atoms with E-state index in [-0.39, 0.29) is 12.6 Å². The van der Waals surface area contributed by atoms with E-state index in [1.54, 1.807) is 11.3 Å². The number of nitrogens with zero attached hydrogens (tertiary/aromatic N) is 1. The second-order valence-electron chi connectivity index (χ2n) is 3.21. The summed E-state index contributed by atoms with van der Waals surface area (Å²) in [5.74, 6) is 0. The first-order valence-corrected chi connectivity index (χ1v) is 5.43. The summed E-state index contributed by atoms with van der Waals surface area (Å²) < 4.78 is 0. The highest BCUT2D eigenvalue weighted by Crippen LogP contribution is 2.12. The van der Waals surface area contributed by atoms with Gasteiger partial charge in [-0.15, -0.1) is 11.3 Å². The zero-order chi connectivity index (χ0) is 9.68. The summed E-state index contributed by atoms with van der Waals surface area (Å²) in [5, 5.41) is 14.1. The monoisotopic (exact) mass is 200 g/mol. The van der Waals surface area contributed by atoms with E-state index < -0.39 is 0 Å². The number of aromatic nitrogens is 1. The highest BCUT2D eigenvalue weighted by Gasteiger charge is 2.09. The Kier molecular flexibility index (Phi) is 4.35. The van der Waals surface area contributed by atoms with Gasteiger partial charge in [-0.05, 0) is 20.3 Å². The van der Waals surface area contributed by atoms with Gasteiger partial charge in [-0.1, -0.05) is 0 Å². The van der Waals surface area contributed by atoms with E-state index in [2.05, 4.69) is 24.1 Å². The lowest BCUT2D eigenvalue weighted by molar-refractivity contribution is 0.264. The highest BCUT2D eigenvalue weighted by atomic mass is 32.1. The average Bonchev–Trinajstić information content (AvgIpc) is 2.55. The number of thiazole rings is 1. The van der Waals surface area contributed by atoms with Crippen molar-refractivity contribution in [2.45, 2.75) is 32.4 Å². The Morgan fingerprint density at radius 1 is 1.62 bits per heavy atom. The minimum atomic E-state index is 0.234. The summed E-state index contributed by atoms with van der Waals surface area (Å²) in [6.45, 7) is 4.39. The van der Waals surface area contributed by atoms with Crippen molar-refractivity contribution in [3.05, 3.63) is 16.6 Å². The van der Waals surface area contributed by atoms with Gasteiger partial charge in [0.25, 0.3) is 0 Å². The molecule has 0 bridgehead atoms. The van der Waals surface area contributed by atoms with Gasteiger partial charge in [-0.3, -0.25) is 0 Å². The van der Waals surface area contributed by atoms with Crippen molar-refractivity contribution in [1.82, 2.24) is 10.3 Å². The fraction of sp³-hybridized carbons (Fsp3) is 0.667. The second-order valence-corrected chi connectivity index (χ2v) is 3.93. The molecule has 0 amide bonds. The van der Waals surface area contributed by atoms with Gasteiger partial charge in [0.15, 0.2) is 0 Å². The van der Waals surface area contributed by atoms with Gasteiger partial charge < -0.3 is 10.4 Å². The molecule has 13 heavy (non-hydrogen) atoms. The van der Waals surface area contributed by atoms with E-state index in [0.717, 1.165) is 12.1 Å². The van der Waals surface area contributed by atoms with Gasteiger partial charge in [0.05, 0.1) is 11.2 Å². The molecule has 0 fully saturated rings. The Balaban J connectivity index is 2.37.